The number of aliphatic carboxylic acids is 1. The first kappa shape index (κ1) is 22.2. The number of aromatic nitrogens is 1. The minimum Gasteiger partial charge on any atom is -0.481 e. The van der Waals surface area contributed by atoms with Gasteiger partial charge in [0.2, 0.25) is 0 Å². The Labute approximate surface area is 170 Å². The number of benzene rings is 1. The molecule has 7 N–H and O–H groups in total. The lowest BCUT2D eigenvalue weighted by Gasteiger charge is -2.08. The maximum atomic E-state index is 12.5. The lowest BCUT2D eigenvalue weighted by atomic mass is 10.0. The second-order valence-electron chi connectivity index (χ2n) is 5.92. The van der Waals surface area contributed by atoms with Gasteiger partial charge in [-0.05, 0) is 17.7 Å². The molecular weight excluding hydrogens is 398 g/mol. The highest BCUT2D eigenvalue weighted by Crippen LogP contribution is 2.21. The van der Waals surface area contributed by atoms with E-state index in [1.54, 1.807) is 36.7 Å². The van der Waals surface area contributed by atoms with Crippen LogP contribution in [0.3, 0.4) is 0 Å². The van der Waals surface area contributed by atoms with Crippen molar-refractivity contribution in [2.24, 2.45) is 10.2 Å². The van der Waals surface area contributed by atoms with E-state index in [9.17, 15) is 14.8 Å². The van der Waals surface area contributed by atoms with Gasteiger partial charge < -0.3 is 15.9 Å². The number of rotatable bonds is 7. The van der Waals surface area contributed by atoms with Gasteiger partial charge in [0.05, 0.1) is 11.5 Å². The highest BCUT2D eigenvalue weighted by molar-refractivity contribution is 8.14. The Balaban J connectivity index is 0.00000300. The summed E-state index contributed by atoms with van der Waals surface area (Å²) in [6.07, 6.45) is 3.71. The number of nitrogens with one attached hydrogen (secondary N) is 1. The molecule has 2 aromatic rings. The maximum Gasteiger partial charge on any atom is 0.313 e. The van der Waals surface area contributed by atoms with Crippen molar-refractivity contribution in [1.82, 2.24) is 10.3 Å². The van der Waals surface area contributed by atoms with Crippen molar-refractivity contribution in [3.63, 3.8) is 0 Å². The van der Waals surface area contributed by atoms with E-state index in [2.05, 4.69) is 20.5 Å². The van der Waals surface area contributed by atoms with Crippen LogP contribution in [-0.2, 0) is 11.3 Å². The summed E-state index contributed by atoms with van der Waals surface area (Å²) in [5, 5.41) is 29.7. The van der Waals surface area contributed by atoms with Crippen molar-refractivity contribution >= 4 is 40.1 Å². The van der Waals surface area contributed by atoms with Crippen molar-refractivity contribution in [3.8, 4) is 0 Å². The monoisotopic (exact) mass is 418 g/mol. The Kier molecular flexibility index (Phi) is 7.98. The average molecular weight is 418 g/mol. The molecule has 1 amide bonds. The van der Waals surface area contributed by atoms with Gasteiger partial charge in [0.15, 0.2) is 5.69 Å². The number of quaternary nitrogens is 1. The summed E-state index contributed by atoms with van der Waals surface area (Å²) in [5.41, 5.74) is 3.86. The summed E-state index contributed by atoms with van der Waals surface area (Å²) in [6.45, 7) is 0.328. The van der Waals surface area contributed by atoms with E-state index < -0.39 is 5.97 Å². The number of pyridine rings is 1. The summed E-state index contributed by atoms with van der Waals surface area (Å²) >= 11 is 1.11. The van der Waals surface area contributed by atoms with Gasteiger partial charge in [-0.15, -0.1) is 5.10 Å². The fraction of sp³-hybridized carbons (Fsp3) is 0.167. The van der Waals surface area contributed by atoms with E-state index in [0.29, 0.717) is 40.5 Å². The van der Waals surface area contributed by atoms with Crippen LogP contribution >= 0.6 is 11.8 Å². The van der Waals surface area contributed by atoms with Crippen molar-refractivity contribution in [1.29, 1.82) is 0 Å². The smallest absolute Gasteiger partial charge is 0.313 e. The third kappa shape index (κ3) is 6.19. The first-order valence-electron chi connectivity index (χ1n) is 8.33. The normalized spacial score (nSPS) is 12.6. The molecule has 0 spiro atoms. The number of thioether (sulfide) groups is 1. The number of hydrogen-bond acceptors (Lipinski definition) is 7. The highest BCUT2D eigenvalue weighted by Gasteiger charge is 2.19. The van der Waals surface area contributed by atoms with Crippen LogP contribution in [0.5, 0.6) is 0 Å². The Morgan fingerprint density at radius 3 is 2.76 bits per heavy atom. The first-order valence-corrected chi connectivity index (χ1v) is 9.31. The fourth-order valence-corrected chi connectivity index (χ4v) is 3.15. The summed E-state index contributed by atoms with van der Waals surface area (Å²) in [6, 6.07) is 8.58. The second kappa shape index (κ2) is 10.4. The molecule has 3 rings (SSSR count). The summed E-state index contributed by atoms with van der Waals surface area (Å²) in [7, 11) is 0. The van der Waals surface area contributed by atoms with Gasteiger partial charge in [-0.1, -0.05) is 17.8 Å². The Morgan fingerprint density at radius 1 is 1.24 bits per heavy atom. The molecule has 29 heavy (non-hydrogen) atoms. The minimum absolute atomic E-state index is 0. The zero-order chi connectivity index (χ0) is 19.9. The Morgan fingerprint density at radius 2 is 2.07 bits per heavy atom. The van der Waals surface area contributed by atoms with Crippen LogP contribution in [0.4, 0.5) is 5.69 Å². The highest BCUT2D eigenvalue weighted by atomic mass is 32.2. The Bertz CT molecular complexity index is 949. The molecule has 0 fully saturated rings. The predicted molar refractivity (Wildman–Crippen MR) is 108 cm³/mol. The van der Waals surface area contributed by atoms with E-state index in [0.717, 1.165) is 22.8 Å². The van der Waals surface area contributed by atoms with Gasteiger partial charge in [-0.25, -0.2) is 5.21 Å². The van der Waals surface area contributed by atoms with E-state index in [1.807, 2.05) is 6.07 Å². The lowest BCUT2D eigenvalue weighted by molar-refractivity contribution is -0.825. The minimum atomic E-state index is -0.925. The third-order valence-electron chi connectivity index (χ3n) is 3.84. The van der Waals surface area contributed by atoms with Crippen LogP contribution in [0, 0.1) is 0 Å². The van der Waals surface area contributed by atoms with Crippen molar-refractivity contribution in [3.05, 3.63) is 59.4 Å². The van der Waals surface area contributed by atoms with Crippen molar-refractivity contribution < 1.29 is 30.9 Å². The molecule has 152 valence electrons. The number of carbonyl (C=O) groups is 2. The molecule has 0 saturated carbocycles. The van der Waals surface area contributed by atoms with Gasteiger partial charge in [0, 0.05) is 48.6 Å². The van der Waals surface area contributed by atoms with Gasteiger partial charge in [-0.2, -0.15) is 10.6 Å². The number of nitrogens with two attached hydrogens (primary N) is 1. The zero-order valence-corrected chi connectivity index (χ0v) is 16.0. The largest absolute Gasteiger partial charge is 0.481 e. The molecule has 2 heterocycles. The average Bonchev–Trinajstić information content (AvgIpc) is 3.20. The molecule has 11 heteroatoms. The quantitative estimate of drug-likeness (QED) is 0.366. The fourth-order valence-electron chi connectivity index (χ4n) is 2.53. The molecular formula is C18H20N5O5S+. The number of amides is 1. The second-order valence-corrected chi connectivity index (χ2v) is 6.96. The van der Waals surface area contributed by atoms with Crippen molar-refractivity contribution in [2.45, 2.75) is 13.0 Å². The third-order valence-corrected chi connectivity index (χ3v) is 4.79. The van der Waals surface area contributed by atoms with Crippen LogP contribution < -0.4 is 10.8 Å². The standard InChI is InChI=1S/C18H17N5O4S.H2O/c24-17(25)10-28-16-7-15(21-22-16)12-4-13(6-14(5-12)23-27)18(26)20-9-11-2-1-3-19-8-11;/h1-6,8,23,27H,7,9-10H2,(H,20,26)(H,24,25);1H2/p+1. The SMILES string of the molecule is O.O=C(O)CSC1=NN=C(c2cc([NH2+]O)cc(C(=O)NCc3cccnc3)c2)C1. The van der Waals surface area contributed by atoms with Gasteiger partial charge in [-0.3, -0.25) is 14.6 Å². The molecule has 10 nitrogen and oxygen atoms in total. The molecule has 0 bridgehead atoms. The van der Waals surface area contributed by atoms with E-state index >= 15 is 0 Å². The molecule has 1 aliphatic rings. The van der Waals surface area contributed by atoms with E-state index in [-0.39, 0.29) is 17.1 Å². The van der Waals surface area contributed by atoms with Crippen LogP contribution in [0.2, 0.25) is 0 Å². The molecule has 0 radical (unpaired) electrons. The molecule has 1 aromatic carbocycles. The van der Waals surface area contributed by atoms with Crippen LogP contribution in [-0.4, -0.2) is 49.2 Å². The van der Waals surface area contributed by atoms with Gasteiger partial charge in [0.1, 0.15) is 5.04 Å². The Hall–Kier alpha value is -3.12. The lowest BCUT2D eigenvalue weighted by Crippen LogP contribution is -2.73. The summed E-state index contributed by atoms with van der Waals surface area (Å²) in [4.78, 5) is 27.2. The predicted octanol–water partition coefficient (Wildman–Crippen LogP) is 0.0951. The van der Waals surface area contributed by atoms with Crippen molar-refractivity contribution in [2.75, 3.05) is 5.75 Å². The molecule has 1 aliphatic heterocycles. The molecule has 0 saturated heterocycles. The number of carboxylic acids is 1. The molecule has 0 atom stereocenters. The van der Waals surface area contributed by atoms with Crippen LogP contribution in [0.15, 0.2) is 52.9 Å². The van der Waals surface area contributed by atoms with Gasteiger partial charge in [0.25, 0.3) is 5.91 Å². The molecule has 0 aliphatic carbocycles. The summed E-state index contributed by atoms with van der Waals surface area (Å²) in [5.74, 6) is -1.31. The topological polar surface area (TPSA) is 172 Å². The number of carbonyl (C=O) groups excluding carboxylic acids is 1. The van der Waals surface area contributed by atoms with E-state index in [1.165, 1.54) is 0 Å². The first-order chi connectivity index (χ1) is 13.5. The van der Waals surface area contributed by atoms with E-state index in [4.69, 9.17) is 5.11 Å². The van der Waals surface area contributed by atoms with Gasteiger partial charge >= 0.3 is 5.97 Å². The van der Waals surface area contributed by atoms with Crippen LogP contribution in [0.25, 0.3) is 0 Å². The van der Waals surface area contributed by atoms with Crippen LogP contribution in [0.1, 0.15) is 27.9 Å². The number of carboxylic acid groups (broad SMARTS) is 1. The maximum absolute atomic E-state index is 12.5. The zero-order valence-electron chi connectivity index (χ0n) is 15.2. The number of nitrogens with zero attached hydrogens (tertiary/aromatic N) is 3. The molecule has 0 unspecified atom stereocenters. The molecule has 1 aromatic heterocycles. The number of hydrogen-bond donors (Lipinski definition) is 4. The summed E-state index contributed by atoms with van der Waals surface area (Å²) < 4.78 is 0.